The fourth-order valence-corrected chi connectivity index (χ4v) is 1.99. The number of nitrogens with one attached hydrogen (secondary N) is 3. The van der Waals surface area contributed by atoms with Crippen LogP contribution in [0.5, 0.6) is 0 Å². The van der Waals surface area contributed by atoms with E-state index in [2.05, 4.69) is 61.9 Å². The van der Waals surface area contributed by atoms with Gasteiger partial charge in [0.2, 0.25) is 17.5 Å². The Bertz CT molecular complexity index is 779. The largest absolute Gasteiger partial charge is 0.206 e. The number of tetrazole rings is 3. The van der Waals surface area contributed by atoms with Gasteiger partial charge in [-0.25, -0.2) is 0 Å². The maximum Gasteiger partial charge on any atom is 0.206 e. The molecule has 0 unspecified atom stereocenters. The van der Waals surface area contributed by atoms with Crippen molar-refractivity contribution in [2.75, 3.05) is 0 Å². The predicted octanol–water partition coefficient (Wildman–Crippen LogP) is -0.773. The van der Waals surface area contributed by atoms with Gasteiger partial charge in [0.25, 0.3) is 0 Å². The third-order valence-electron chi connectivity index (χ3n) is 2.81. The Balaban J connectivity index is 2.03. The molecule has 102 valence electrons. The number of rotatable bonds is 3. The maximum atomic E-state index is 4.01. The van der Waals surface area contributed by atoms with Crippen LogP contribution in [0, 0.1) is 0 Å². The van der Waals surface area contributed by atoms with Crippen LogP contribution in [-0.2, 0) is 0 Å². The highest BCUT2D eigenvalue weighted by molar-refractivity contribution is 5.88. The molecule has 3 aromatic heterocycles. The summed E-state index contributed by atoms with van der Waals surface area (Å²) in [6, 6.07) is 5.46. The van der Waals surface area contributed by atoms with E-state index in [4.69, 9.17) is 0 Å². The molecule has 4 rings (SSSR count). The second kappa shape index (κ2) is 4.52. The van der Waals surface area contributed by atoms with Crippen LogP contribution in [0.15, 0.2) is 18.2 Å². The van der Waals surface area contributed by atoms with Crippen molar-refractivity contribution in [2.24, 2.45) is 0 Å². The molecule has 0 saturated heterocycles. The second-order valence-electron chi connectivity index (χ2n) is 3.93. The van der Waals surface area contributed by atoms with Crippen LogP contribution in [0.1, 0.15) is 0 Å². The van der Waals surface area contributed by atoms with Gasteiger partial charge in [0.15, 0.2) is 0 Å². The quantitative estimate of drug-likeness (QED) is 0.437. The molecular weight excluding hydrogens is 276 g/mol. The molecule has 4 aromatic rings. The lowest BCUT2D eigenvalue weighted by Gasteiger charge is -2.06. The van der Waals surface area contributed by atoms with Crippen LogP contribution in [0.3, 0.4) is 0 Å². The van der Waals surface area contributed by atoms with Crippen molar-refractivity contribution in [1.29, 1.82) is 0 Å². The molecule has 0 radical (unpaired) electrons. The summed E-state index contributed by atoms with van der Waals surface area (Å²) in [5.74, 6) is 1.18. The summed E-state index contributed by atoms with van der Waals surface area (Å²) in [6.45, 7) is 0. The van der Waals surface area contributed by atoms with Crippen LogP contribution in [0.25, 0.3) is 34.2 Å². The SMILES string of the molecule is c1cc(-c2nn[nH]n2)c(-c2nn[nH]n2)c(-c2nn[nH]n2)c1. The Kier molecular flexibility index (Phi) is 2.42. The zero-order valence-corrected chi connectivity index (χ0v) is 10.3. The van der Waals surface area contributed by atoms with Crippen LogP contribution in [-0.4, -0.2) is 61.9 Å². The number of nitrogens with zero attached hydrogens (tertiary/aromatic N) is 9. The van der Waals surface area contributed by atoms with Gasteiger partial charge in [-0.2, -0.15) is 15.6 Å². The summed E-state index contributed by atoms with van der Waals surface area (Å²) in [4.78, 5) is 0. The molecule has 0 saturated carbocycles. The fraction of sp³-hybridized carbons (Fsp3) is 0. The number of aromatic nitrogens is 12. The molecule has 0 bridgehead atoms. The lowest BCUT2D eigenvalue weighted by Crippen LogP contribution is -1.94. The van der Waals surface area contributed by atoms with Gasteiger partial charge < -0.3 is 0 Å². The Morgan fingerprint density at radius 3 is 1.52 bits per heavy atom. The van der Waals surface area contributed by atoms with Crippen molar-refractivity contribution in [3.05, 3.63) is 18.2 Å². The summed E-state index contributed by atoms with van der Waals surface area (Å²) < 4.78 is 0. The Labute approximate surface area is 115 Å². The molecule has 0 aliphatic carbocycles. The molecule has 0 spiro atoms. The topological polar surface area (TPSA) is 163 Å². The van der Waals surface area contributed by atoms with E-state index < -0.39 is 0 Å². The van der Waals surface area contributed by atoms with E-state index in [1.807, 2.05) is 18.2 Å². The van der Waals surface area contributed by atoms with Crippen molar-refractivity contribution >= 4 is 0 Å². The van der Waals surface area contributed by atoms with Crippen molar-refractivity contribution in [3.63, 3.8) is 0 Å². The summed E-state index contributed by atoms with van der Waals surface area (Å²) in [7, 11) is 0. The minimum absolute atomic E-state index is 0.371. The average Bonchev–Trinajstić information content (AvgIpc) is 3.28. The second-order valence-corrected chi connectivity index (χ2v) is 3.93. The van der Waals surface area contributed by atoms with E-state index in [1.165, 1.54) is 0 Å². The van der Waals surface area contributed by atoms with Crippen LogP contribution >= 0.6 is 0 Å². The molecule has 0 aliphatic heterocycles. The van der Waals surface area contributed by atoms with E-state index in [-0.39, 0.29) is 0 Å². The van der Waals surface area contributed by atoms with Crippen molar-refractivity contribution in [3.8, 4) is 34.2 Å². The third-order valence-corrected chi connectivity index (χ3v) is 2.81. The average molecular weight is 282 g/mol. The molecular formula is C9H6N12. The molecule has 12 nitrogen and oxygen atoms in total. The van der Waals surface area contributed by atoms with E-state index in [0.717, 1.165) is 0 Å². The predicted molar refractivity (Wildman–Crippen MR) is 66.0 cm³/mol. The van der Waals surface area contributed by atoms with Gasteiger partial charge in [0.05, 0.1) is 0 Å². The monoisotopic (exact) mass is 282 g/mol. The van der Waals surface area contributed by atoms with Gasteiger partial charge >= 0.3 is 0 Å². The first-order chi connectivity index (χ1) is 10.4. The summed E-state index contributed by atoms with van der Waals surface area (Å²) in [5.41, 5.74) is 1.98. The number of hydrogen-bond acceptors (Lipinski definition) is 9. The molecule has 12 heteroatoms. The lowest BCUT2D eigenvalue weighted by atomic mass is 9.99. The minimum atomic E-state index is 0.371. The van der Waals surface area contributed by atoms with Gasteiger partial charge in [-0.05, 0) is 15.6 Å². The highest BCUT2D eigenvalue weighted by Crippen LogP contribution is 2.34. The Morgan fingerprint density at radius 1 is 0.619 bits per heavy atom. The zero-order valence-electron chi connectivity index (χ0n) is 10.3. The van der Waals surface area contributed by atoms with Crippen molar-refractivity contribution < 1.29 is 0 Å². The Morgan fingerprint density at radius 2 is 1.10 bits per heavy atom. The third kappa shape index (κ3) is 1.81. The molecule has 0 fully saturated rings. The zero-order chi connectivity index (χ0) is 14.1. The molecule has 0 amide bonds. The standard InChI is InChI=1S/C9H6N12/c1-2-4(7-10-16-17-11-7)6(9-14-20-21-15-9)5(3-1)8-12-18-19-13-8/h1-3H,(H,10,11,16,17)(H,12,13,18,19)(H,14,15,20,21). The maximum absolute atomic E-state index is 4.01. The van der Waals surface area contributed by atoms with Crippen LogP contribution < -0.4 is 0 Å². The van der Waals surface area contributed by atoms with Gasteiger partial charge in [-0.3, -0.25) is 0 Å². The smallest absolute Gasteiger partial charge is 0.177 e. The number of H-pyrrole nitrogens is 3. The van der Waals surface area contributed by atoms with Gasteiger partial charge in [0, 0.05) is 16.7 Å². The molecule has 1 aromatic carbocycles. The van der Waals surface area contributed by atoms with Gasteiger partial charge in [-0.15, -0.1) is 30.6 Å². The summed E-state index contributed by atoms with van der Waals surface area (Å²) in [6.07, 6.45) is 0. The van der Waals surface area contributed by atoms with Crippen molar-refractivity contribution in [2.45, 2.75) is 0 Å². The first kappa shape index (κ1) is 11.3. The lowest BCUT2D eigenvalue weighted by molar-refractivity contribution is 0.881. The van der Waals surface area contributed by atoms with E-state index >= 15 is 0 Å². The first-order valence-electron chi connectivity index (χ1n) is 5.78. The molecule has 3 heterocycles. The van der Waals surface area contributed by atoms with Crippen LogP contribution in [0.4, 0.5) is 0 Å². The molecule has 3 N–H and O–H groups in total. The fourth-order valence-electron chi connectivity index (χ4n) is 1.99. The summed E-state index contributed by atoms with van der Waals surface area (Å²) in [5, 5.41) is 41.9. The number of aromatic amines is 3. The number of hydrogen-bond donors (Lipinski definition) is 3. The van der Waals surface area contributed by atoms with E-state index in [1.54, 1.807) is 0 Å². The van der Waals surface area contributed by atoms with Gasteiger partial charge in [0.1, 0.15) is 0 Å². The normalized spacial score (nSPS) is 10.9. The van der Waals surface area contributed by atoms with Crippen LogP contribution in [0.2, 0.25) is 0 Å². The molecule has 0 aliphatic rings. The number of benzene rings is 1. The summed E-state index contributed by atoms with van der Waals surface area (Å²) >= 11 is 0. The molecule has 21 heavy (non-hydrogen) atoms. The first-order valence-corrected chi connectivity index (χ1v) is 5.78. The van der Waals surface area contributed by atoms with E-state index in [9.17, 15) is 0 Å². The van der Waals surface area contributed by atoms with Crippen molar-refractivity contribution in [1.82, 2.24) is 61.9 Å². The minimum Gasteiger partial charge on any atom is -0.177 e. The molecule has 0 atom stereocenters. The Hall–Kier alpha value is -3.57. The highest BCUT2D eigenvalue weighted by Gasteiger charge is 2.21. The van der Waals surface area contributed by atoms with E-state index in [0.29, 0.717) is 34.2 Å². The van der Waals surface area contributed by atoms with Gasteiger partial charge in [-0.1, -0.05) is 18.2 Å². The highest BCUT2D eigenvalue weighted by atomic mass is 15.5.